The first-order chi connectivity index (χ1) is 16.5. The number of sulfone groups is 1. The Morgan fingerprint density at radius 2 is 1.89 bits per heavy atom. The second kappa shape index (κ2) is 11.7. The van der Waals surface area contributed by atoms with E-state index in [1.54, 1.807) is 24.0 Å². The first-order valence-corrected chi connectivity index (χ1v) is 13.6. The Balaban J connectivity index is 1.62. The SMILES string of the molecule is CC(COc1ccc(CNC(=O)N(Cc2ccc(F)cc2O)C2CCN(C)CC2)cc1)S(C)(=O)=O. The van der Waals surface area contributed by atoms with Crippen LogP contribution < -0.4 is 10.1 Å². The van der Waals surface area contributed by atoms with Crippen LogP contribution in [0.5, 0.6) is 11.5 Å². The Hall–Kier alpha value is -2.85. The fraction of sp³-hybridized carbons (Fsp3) is 0.480. The number of phenols is 1. The van der Waals surface area contributed by atoms with Gasteiger partial charge in [0.25, 0.3) is 0 Å². The molecule has 2 aromatic carbocycles. The Morgan fingerprint density at radius 1 is 1.23 bits per heavy atom. The molecule has 0 radical (unpaired) electrons. The van der Waals surface area contributed by atoms with Crippen molar-refractivity contribution in [3.63, 3.8) is 0 Å². The molecule has 1 unspecified atom stereocenters. The standard InChI is InChI=1S/C25H34FN3O5S/c1-18(35(3,32)33)17-34-23-8-4-19(5-9-23)15-27-25(31)29(22-10-12-28(2)13-11-22)16-20-6-7-21(26)14-24(20)30/h4-9,14,18,22,30H,10-13,15-17H2,1-3H3,(H,27,31). The largest absolute Gasteiger partial charge is 0.507 e. The van der Waals surface area contributed by atoms with Crippen LogP contribution in [0.1, 0.15) is 30.9 Å². The molecule has 8 nitrogen and oxygen atoms in total. The van der Waals surface area contributed by atoms with Crippen LogP contribution in [0.3, 0.4) is 0 Å². The van der Waals surface area contributed by atoms with Crippen LogP contribution in [0.2, 0.25) is 0 Å². The Kier molecular flexibility index (Phi) is 8.96. The second-order valence-electron chi connectivity index (χ2n) is 9.19. The third kappa shape index (κ3) is 7.83. The van der Waals surface area contributed by atoms with E-state index in [9.17, 15) is 22.7 Å². The van der Waals surface area contributed by atoms with E-state index in [1.165, 1.54) is 18.4 Å². The van der Waals surface area contributed by atoms with Crippen LogP contribution in [0, 0.1) is 5.82 Å². The van der Waals surface area contributed by atoms with Crippen molar-refractivity contribution in [3.05, 3.63) is 59.4 Å². The van der Waals surface area contributed by atoms with Crippen LogP contribution in [0.15, 0.2) is 42.5 Å². The lowest BCUT2D eigenvalue weighted by Gasteiger charge is -2.37. The summed E-state index contributed by atoms with van der Waals surface area (Å²) in [6, 6.07) is 10.7. The maximum atomic E-state index is 13.4. The van der Waals surface area contributed by atoms with Gasteiger partial charge in [-0.2, -0.15) is 0 Å². The Bertz CT molecular complexity index is 1100. The summed E-state index contributed by atoms with van der Waals surface area (Å²) in [5, 5.41) is 12.5. The first kappa shape index (κ1) is 26.7. The number of carbonyl (C=O) groups excluding carboxylic acids is 1. The molecule has 0 bridgehead atoms. The van der Waals surface area contributed by atoms with Crippen molar-refractivity contribution in [2.45, 2.75) is 44.1 Å². The fourth-order valence-electron chi connectivity index (χ4n) is 3.85. The van der Waals surface area contributed by atoms with Gasteiger partial charge in [-0.15, -0.1) is 0 Å². The smallest absolute Gasteiger partial charge is 0.318 e. The highest BCUT2D eigenvalue weighted by Gasteiger charge is 2.28. The average molecular weight is 508 g/mol. The van der Waals surface area contributed by atoms with Gasteiger partial charge in [-0.1, -0.05) is 18.2 Å². The lowest BCUT2D eigenvalue weighted by molar-refractivity contribution is 0.126. The van der Waals surface area contributed by atoms with Crippen molar-refractivity contribution < 1.29 is 27.4 Å². The van der Waals surface area contributed by atoms with Gasteiger partial charge in [0.2, 0.25) is 0 Å². The number of nitrogens with one attached hydrogen (secondary N) is 1. The fourth-order valence-corrected chi connectivity index (χ4v) is 4.16. The topological polar surface area (TPSA) is 99.2 Å². The number of ether oxygens (including phenoxy) is 1. The zero-order chi connectivity index (χ0) is 25.6. The zero-order valence-corrected chi connectivity index (χ0v) is 21.2. The normalized spacial score (nSPS) is 16.0. The molecule has 1 heterocycles. The number of carbonyl (C=O) groups is 1. The summed E-state index contributed by atoms with van der Waals surface area (Å²) < 4.78 is 42.0. The molecule has 192 valence electrons. The number of nitrogens with zero attached hydrogens (tertiary/aromatic N) is 2. The highest BCUT2D eigenvalue weighted by atomic mass is 32.2. The number of likely N-dealkylation sites (tertiary alicyclic amines) is 1. The summed E-state index contributed by atoms with van der Waals surface area (Å²) in [4.78, 5) is 17.1. The molecule has 0 aliphatic carbocycles. The van der Waals surface area contributed by atoms with E-state index in [1.807, 2.05) is 19.2 Å². The van der Waals surface area contributed by atoms with Crippen molar-refractivity contribution in [2.24, 2.45) is 0 Å². The van der Waals surface area contributed by atoms with Crippen molar-refractivity contribution in [3.8, 4) is 11.5 Å². The lowest BCUT2D eigenvalue weighted by Crippen LogP contribution is -2.49. The molecule has 1 fully saturated rings. The summed E-state index contributed by atoms with van der Waals surface area (Å²) in [7, 11) is -1.12. The van der Waals surface area contributed by atoms with E-state index >= 15 is 0 Å². The van der Waals surface area contributed by atoms with Gasteiger partial charge in [-0.3, -0.25) is 0 Å². The van der Waals surface area contributed by atoms with Crippen LogP contribution in [0.25, 0.3) is 0 Å². The minimum absolute atomic E-state index is 0.00302. The zero-order valence-electron chi connectivity index (χ0n) is 20.4. The summed E-state index contributed by atoms with van der Waals surface area (Å²) in [6.45, 7) is 3.86. The molecule has 3 rings (SSSR count). The van der Waals surface area contributed by atoms with Crippen molar-refractivity contribution in [1.29, 1.82) is 0 Å². The van der Waals surface area contributed by atoms with Gasteiger partial charge in [-0.25, -0.2) is 17.6 Å². The number of urea groups is 1. The quantitative estimate of drug-likeness (QED) is 0.541. The molecule has 1 aliphatic heterocycles. The first-order valence-electron chi connectivity index (χ1n) is 11.6. The second-order valence-corrected chi connectivity index (χ2v) is 11.7. The molecule has 0 aromatic heterocycles. The maximum absolute atomic E-state index is 13.4. The number of hydrogen-bond acceptors (Lipinski definition) is 6. The number of benzene rings is 2. The van der Waals surface area contributed by atoms with Crippen molar-refractivity contribution >= 4 is 15.9 Å². The lowest BCUT2D eigenvalue weighted by atomic mass is 10.0. The molecular formula is C25H34FN3O5S. The number of halogens is 1. The van der Waals surface area contributed by atoms with E-state index in [0.29, 0.717) is 11.3 Å². The number of rotatable bonds is 9. The molecule has 2 aromatic rings. The highest BCUT2D eigenvalue weighted by Crippen LogP contribution is 2.24. The molecular weight excluding hydrogens is 473 g/mol. The number of amides is 2. The predicted octanol–water partition coefficient (Wildman–Crippen LogP) is 3.15. The number of piperidine rings is 1. The Morgan fingerprint density at radius 3 is 2.49 bits per heavy atom. The molecule has 2 N–H and O–H groups in total. The van der Waals surface area contributed by atoms with Gasteiger partial charge in [0.05, 0.1) is 11.8 Å². The number of hydrogen-bond donors (Lipinski definition) is 2. The molecule has 2 amide bonds. The molecule has 1 atom stereocenters. The summed E-state index contributed by atoms with van der Waals surface area (Å²) in [6.07, 6.45) is 2.80. The molecule has 10 heteroatoms. The van der Waals surface area contributed by atoms with E-state index in [0.717, 1.165) is 37.6 Å². The van der Waals surface area contributed by atoms with Crippen LogP contribution in [-0.4, -0.2) is 73.6 Å². The predicted molar refractivity (Wildman–Crippen MR) is 133 cm³/mol. The van der Waals surface area contributed by atoms with E-state index in [4.69, 9.17) is 4.74 Å². The molecule has 1 saturated heterocycles. The van der Waals surface area contributed by atoms with Crippen molar-refractivity contribution in [1.82, 2.24) is 15.1 Å². The molecule has 0 spiro atoms. The highest BCUT2D eigenvalue weighted by molar-refractivity contribution is 7.91. The van der Waals surface area contributed by atoms with E-state index < -0.39 is 20.9 Å². The average Bonchev–Trinajstić information content (AvgIpc) is 2.81. The summed E-state index contributed by atoms with van der Waals surface area (Å²) in [5.41, 5.74) is 1.35. The van der Waals surface area contributed by atoms with Crippen LogP contribution in [-0.2, 0) is 22.9 Å². The van der Waals surface area contributed by atoms with Gasteiger partial charge in [0.1, 0.15) is 23.9 Å². The summed E-state index contributed by atoms with van der Waals surface area (Å²) >= 11 is 0. The third-order valence-corrected chi connectivity index (χ3v) is 7.96. The van der Waals surface area contributed by atoms with Crippen LogP contribution in [0.4, 0.5) is 9.18 Å². The molecule has 35 heavy (non-hydrogen) atoms. The van der Waals surface area contributed by atoms with E-state index in [2.05, 4.69) is 10.2 Å². The molecule has 1 aliphatic rings. The maximum Gasteiger partial charge on any atom is 0.318 e. The number of phenolic OH excluding ortho intramolecular Hbond substituents is 1. The monoisotopic (exact) mass is 507 g/mol. The van der Waals surface area contributed by atoms with Crippen LogP contribution >= 0.6 is 0 Å². The van der Waals surface area contributed by atoms with Gasteiger partial charge in [0, 0.05) is 30.5 Å². The minimum atomic E-state index is -3.16. The number of aromatic hydroxyl groups is 1. The Labute approximate surface area is 206 Å². The van der Waals surface area contributed by atoms with Gasteiger partial charge in [-0.05, 0) is 63.7 Å². The van der Waals surface area contributed by atoms with Crippen molar-refractivity contribution in [2.75, 3.05) is 33.0 Å². The van der Waals surface area contributed by atoms with Gasteiger partial charge >= 0.3 is 6.03 Å². The molecule has 0 saturated carbocycles. The van der Waals surface area contributed by atoms with E-state index in [-0.39, 0.29) is 37.5 Å². The minimum Gasteiger partial charge on any atom is -0.507 e. The third-order valence-electron chi connectivity index (χ3n) is 6.36. The summed E-state index contributed by atoms with van der Waals surface area (Å²) in [5.74, 6) is -0.147. The van der Waals surface area contributed by atoms with Gasteiger partial charge < -0.3 is 25.0 Å². The van der Waals surface area contributed by atoms with Gasteiger partial charge in [0.15, 0.2) is 9.84 Å².